The molecule has 0 spiro atoms. The molecule has 3 rings (SSSR count). The number of rotatable bonds is 11. The number of carbonyl (C=O) groups excluding carboxylic acids is 4. The lowest BCUT2D eigenvalue weighted by molar-refractivity contribution is -0.153. The molecule has 2 saturated carbocycles. The lowest BCUT2D eigenvalue weighted by atomic mass is 9.90. The highest BCUT2D eigenvalue weighted by Gasteiger charge is 2.49. The van der Waals surface area contributed by atoms with E-state index in [0.29, 0.717) is 12.8 Å². The second kappa shape index (κ2) is 12.9. The zero-order chi connectivity index (χ0) is 27.9. The summed E-state index contributed by atoms with van der Waals surface area (Å²) in [5, 5.41) is 12.1. The van der Waals surface area contributed by atoms with Crippen molar-refractivity contribution < 1.29 is 33.8 Å². The van der Waals surface area contributed by atoms with Crippen LogP contribution in [0.4, 0.5) is 4.79 Å². The zero-order valence-corrected chi connectivity index (χ0v) is 22.5. The van der Waals surface area contributed by atoms with Crippen molar-refractivity contribution in [3.63, 3.8) is 0 Å². The second-order valence-electron chi connectivity index (χ2n) is 10.6. The fourth-order valence-corrected chi connectivity index (χ4v) is 5.83. The van der Waals surface area contributed by atoms with Crippen LogP contribution in [0.1, 0.15) is 70.3 Å². The van der Waals surface area contributed by atoms with Gasteiger partial charge in [0.05, 0.1) is 6.42 Å². The molecule has 2 aliphatic rings. The van der Waals surface area contributed by atoms with Crippen molar-refractivity contribution in [2.75, 3.05) is 14.1 Å². The molecule has 0 aliphatic heterocycles. The van der Waals surface area contributed by atoms with Crippen LogP contribution in [0, 0.1) is 5.92 Å². The van der Waals surface area contributed by atoms with Gasteiger partial charge in [-0.05, 0) is 44.1 Å². The van der Waals surface area contributed by atoms with Gasteiger partial charge in [0, 0.05) is 14.1 Å². The van der Waals surface area contributed by atoms with Crippen LogP contribution in [0.3, 0.4) is 0 Å². The van der Waals surface area contributed by atoms with Crippen molar-refractivity contribution in [2.24, 2.45) is 5.92 Å². The van der Waals surface area contributed by atoms with Crippen molar-refractivity contribution in [3.8, 4) is 0 Å². The first-order valence-electron chi connectivity index (χ1n) is 13.3. The van der Waals surface area contributed by atoms with Gasteiger partial charge in [0.1, 0.15) is 24.2 Å². The van der Waals surface area contributed by atoms with E-state index >= 15 is 0 Å². The highest BCUT2D eigenvalue weighted by Crippen LogP contribution is 2.36. The van der Waals surface area contributed by atoms with Gasteiger partial charge in [0.2, 0.25) is 11.8 Å². The van der Waals surface area contributed by atoms with Crippen molar-refractivity contribution in [1.82, 2.24) is 15.1 Å². The molecule has 0 unspecified atom stereocenters. The van der Waals surface area contributed by atoms with Gasteiger partial charge in [-0.25, -0.2) is 4.79 Å². The van der Waals surface area contributed by atoms with Crippen LogP contribution in [0.2, 0.25) is 0 Å². The van der Waals surface area contributed by atoms with E-state index in [2.05, 4.69) is 5.32 Å². The molecular weight excluding hydrogens is 490 g/mol. The van der Waals surface area contributed by atoms with Gasteiger partial charge in [-0.1, -0.05) is 56.0 Å². The SMILES string of the molecule is CC(=O)[C@H](CC(=O)O)N(C)C(=O)[C@H](C1CCCC1)N(C)C(=O)C1(NC(=O)OCc2ccccc2)CCCC1. The Kier molecular flexibility index (Phi) is 9.88. The number of carboxylic acids is 1. The van der Waals surface area contributed by atoms with Crippen LogP contribution in [0.15, 0.2) is 30.3 Å². The topological polar surface area (TPSA) is 133 Å². The van der Waals surface area contributed by atoms with Gasteiger partial charge in [0.15, 0.2) is 5.78 Å². The number of alkyl carbamates (subject to hydrolysis) is 1. The minimum Gasteiger partial charge on any atom is -0.481 e. The summed E-state index contributed by atoms with van der Waals surface area (Å²) in [6, 6.07) is 7.24. The van der Waals surface area contributed by atoms with E-state index in [0.717, 1.165) is 44.1 Å². The smallest absolute Gasteiger partial charge is 0.408 e. The summed E-state index contributed by atoms with van der Waals surface area (Å²) in [6.07, 6.45) is 4.44. The maximum Gasteiger partial charge on any atom is 0.408 e. The van der Waals surface area contributed by atoms with Crippen LogP contribution in [0.5, 0.6) is 0 Å². The average Bonchev–Trinajstić information content (AvgIpc) is 3.59. The maximum absolute atomic E-state index is 14.0. The standard InChI is InChI=1S/C28H39N3O7/c1-19(32)22(17-23(33)34)30(2)25(35)24(21-13-7-8-14-21)31(3)26(36)28(15-9-10-16-28)29-27(37)38-18-20-11-5-4-6-12-20/h4-6,11-12,21-22,24H,7-10,13-18H2,1-3H3,(H,29,37)(H,33,34)/t22-,24-/m0/s1. The third-order valence-corrected chi connectivity index (χ3v) is 7.91. The number of hydrogen-bond acceptors (Lipinski definition) is 6. The maximum atomic E-state index is 14.0. The summed E-state index contributed by atoms with van der Waals surface area (Å²) in [4.78, 5) is 66.7. The molecule has 2 atom stereocenters. The summed E-state index contributed by atoms with van der Waals surface area (Å²) < 4.78 is 5.40. The van der Waals surface area contributed by atoms with Crippen molar-refractivity contribution >= 4 is 29.7 Å². The third kappa shape index (κ3) is 6.90. The molecule has 1 aromatic carbocycles. The summed E-state index contributed by atoms with van der Waals surface area (Å²) in [7, 11) is 2.98. The van der Waals surface area contributed by atoms with Crippen LogP contribution in [0.25, 0.3) is 0 Å². The molecule has 3 amide bonds. The first-order chi connectivity index (χ1) is 18.1. The quantitative estimate of drug-likeness (QED) is 0.450. The number of nitrogens with zero attached hydrogens (tertiary/aromatic N) is 2. The Morgan fingerprint density at radius 1 is 1.00 bits per heavy atom. The molecule has 0 aromatic heterocycles. The number of nitrogens with one attached hydrogen (secondary N) is 1. The number of benzene rings is 1. The Bertz CT molecular complexity index is 1020. The van der Waals surface area contributed by atoms with E-state index in [1.807, 2.05) is 30.3 Å². The van der Waals surface area contributed by atoms with E-state index in [1.54, 1.807) is 7.05 Å². The van der Waals surface area contributed by atoms with Crippen LogP contribution in [-0.4, -0.2) is 76.3 Å². The normalized spacial score (nSPS) is 18.3. The predicted molar refractivity (Wildman–Crippen MR) is 139 cm³/mol. The number of carboxylic acid groups (broad SMARTS) is 1. The summed E-state index contributed by atoms with van der Waals surface area (Å²) in [5.41, 5.74) is -0.373. The van der Waals surface area contributed by atoms with E-state index < -0.39 is 47.8 Å². The number of Topliss-reactive ketones (excluding diaryl/α,β-unsaturated/α-hetero) is 1. The van der Waals surface area contributed by atoms with E-state index in [-0.39, 0.29) is 18.4 Å². The molecule has 2 N–H and O–H groups in total. The fraction of sp³-hybridized carbons (Fsp3) is 0.607. The van der Waals surface area contributed by atoms with Gasteiger partial charge in [-0.2, -0.15) is 0 Å². The molecule has 0 radical (unpaired) electrons. The molecule has 38 heavy (non-hydrogen) atoms. The number of likely N-dealkylation sites (N-methyl/N-ethyl adjacent to an activating group) is 2. The van der Waals surface area contributed by atoms with E-state index in [1.165, 1.54) is 23.8 Å². The molecule has 0 saturated heterocycles. The van der Waals surface area contributed by atoms with Crippen LogP contribution < -0.4 is 5.32 Å². The van der Waals surface area contributed by atoms with Gasteiger partial charge < -0.3 is 25.0 Å². The number of aliphatic carboxylic acids is 1. The zero-order valence-electron chi connectivity index (χ0n) is 22.5. The minimum absolute atomic E-state index is 0.0662. The van der Waals surface area contributed by atoms with Gasteiger partial charge in [-0.15, -0.1) is 0 Å². The molecular formula is C28H39N3O7. The Labute approximate surface area is 223 Å². The van der Waals surface area contributed by atoms with Gasteiger partial charge in [-0.3, -0.25) is 19.2 Å². The first-order valence-corrected chi connectivity index (χ1v) is 13.3. The Hall–Kier alpha value is -3.43. The van der Waals surface area contributed by atoms with E-state index in [4.69, 9.17) is 4.74 Å². The van der Waals surface area contributed by atoms with E-state index in [9.17, 15) is 29.1 Å². The van der Waals surface area contributed by atoms with Gasteiger partial charge in [0.25, 0.3) is 0 Å². The molecule has 10 nitrogen and oxygen atoms in total. The summed E-state index contributed by atoms with van der Waals surface area (Å²) in [6.45, 7) is 1.33. The number of amides is 3. The number of hydrogen-bond donors (Lipinski definition) is 2. The van der Waals surface area contributed by atoms with Crippen molar-refractivity contribution in [2.45, 2.75) is 88.9 Å². The lowest BCUT2D eigenvalue weighted by Crippen LogP contribution is -2.63. The van der Waals surface area contributed by atoms with Crippen LogP contribution >= 0.6 is 0 Å². The lowest BCUT2D eigenvalue weighted by Gasteiger charge is -2.40. The first kappa shape index (κ1) is 29.1. The monoisotopic (exact) mass is 529 g/mol. The third-order valence-electron chi connectivity index (χ3n) is 7.91. The Morgan fingerprint density at radius 3 is 2.16 bits per heavy atom. The van der Waals surface area contributed by atoms with Gasteiger partial charge >= 0.3 is 12.1 Å². The Morgan fingerprint density at radius 2 is 1.61 bits per heavy atom. The molecule has 2 aliphatic carbocycles. The second-order valence-corrected chi connectivity index (χ2v) is 10.6. The highest BCUT2D eigenvalue weighted by molar-refractivity contribution is 5.96. The number of ether oxygens (including phenoxy) is 1. The summed E-state index contributed by atoms with van der Waals surface area (Å²) in [5.74, 6) is -2.58. The number of ketones is 1. The molecule has 10 heteroatoms. The van der Waals surface area contributed by atoms with Crippen LogP contribution in [-0.2, 0) is 30.5 Å². The van der Waals surface area contributed by atoms with Crippen molar-refractivity contribution in [3.05, 3.63) is 35.9 Å². The minimum atomic E-state index is -1.20. The summed E-state index contributed by atoms with van der Waals surface area (Å²) >= 11 is 0. The molecule has 208 valence electrons. The fourth-order valence-electron chi connectivity index (χ4n) is 5.83. The largest absolute Gasteiger partial charge is 0.481 e. The Balaban J connectivity index is 1.81. The molecule has 0 bridgehead atoms. The molecule has 2 fully saturated rings. The highest BCUT2D eigenvalue weighted by atomic mass is 16.5. The van der Waals surface area contributed by atoms with Crippen molar-refractivity contribution in [1.29, 1.82) is 0 Å². The molecule has 0 heterocycles. The predicted octanol–water partition coefficient (Wildman–Crippen LogP) is 3.13. The number of carbonyl (C=O) groups is 5. The molecule has 1 aromatic rings. The average molecular weight is 530 g/mol.